The van der Waals surface area contributed by atoms with Gasteiger partial charge in [0.25, 0.3) is 0 Å². The van der Waals surface area contributed by atoms with Crippen LogP contribution in [0.2, 0.25) is 0 Å². The summed E-state index contributed by atoms with van der Waals surface area (Å²) in [5, 5.41) is 5.02. The molecule has 0 radical (unpaired) electrons. The van der Waals surface area contributed by atoms with Crippen molar-refractivity contribution in [2.24, 2.45) is 0 Å². The largest absolute Gasteiger partial charge is 0.292 e. The molecule has 0 spiro atoms. The summed E-state index contributed by atoms with van der Waals surface area (Å²) in [6, 6.07) is 62.6. The number of aromatic nitrogens is 2. The number of allylic oxidation sites excluding steroid dienone is 1. The van der Waals surface area contributed by atoms with Gasteiger partial charge in [0, 0.05) is 11.3 Å². The van der Waals surface area contributed by atoms with Gasteiger partial charge in [-0.05, 0) is 91.2 Å². The number of fused-ring (bicyclic) bond motifs is 3. The van der Waals surface area contributed by atoms with Crippen LogP contribution in [0, 0.1) is 0 Å². The summed E-state index contributed by atoms with van der Waals surface area (Å²) in [6.45, 7) is 4.01. The van der Waals surface area contributed by atoms with Crippen molar-refractivity contribution in [3.63, 3.8) is 0 Å². The molecule has 0 saturated carbocycles. The highest BCUT2D eigenvalue weighted by molar-refractivity contribution is 6.15. The second-order valence-electron chi connectivity index (χ2n) is 13.1. The lowest BCUT2D eigenvalue weighted by Gasteiger charge is -2.17. The van der Waals surface area contributed by atoms with E-state index in [1.54, 1.807) is 0 Å². The smallest absolute Gasteiger partial charge is 0.146 e. The first-order chi connectivity index (χ1) is 25.8. The fourth-order valence-corrected chi connectivity index (χ4v) is 7.70. The van der Waals surface area contributed by atoms with E-state index in [0.29, 0.717) is 0 Å². The number of nitrogens with zero attached hydrogens (tertiary/aromatic N) is 2. The Kier molecular flexibility index (Phi) is 8.11. The van der Waals surface area contributed by atoms with E-state index < -0.39 is 0 Å². The van der Waals surface area contributed by atoms with Gasteiger partial charge in [0.05, 0.1) is 11.0 Å². The summed E-state index contributed by atoms with van der Waals surface area (Å²) < 4.78 is 2.30. The van der Waals surface area contributed by atoms with Crippen LogP contribution < -0.4 is 0 Å². The van der Waals surface area contributed by atoms with Gasteiger partial charge in [0.2, 0.25) is 0 Å². The summed E-state index contributed by atoms with van der Waals surface area (Å²) in [5.41, 5.74) is 12.6. The molecule has 52 heavy (non-hydrogen) atoms. The molecule has 0 aliphatic heterocycles. The van der Waals surface area contributed by atoms with Crippen molar-refractivity contribution >= 4 is 44.7 Å². The quantitative estimate of drug-likeness (QED) is 0.148. The zero-order valence-corrected chi connectivity index (χ0v) is 28.8. The van der Waals surface area contributed by atoms with Gasteiger partial charge >= 0.3 is 0 Å². The molecule has 9 rings (SSSR count). The second kappa shape index (κ2) is 13.5. The molecule has 0 fully saturated rings. The fraction of sp³-hybridized carbons (Fsp3) is 0.0200. The van der Waals surface area contributed by atoms with E-state index >= 15 is 0 Å². The van der Waals surface area contributed by atoms with Crippen molar-refractivity contribution in [3.8, 4) is 39.3 Å². The van der Waals surface area contributed by atoms with E-state index in [9.17, 15) is 0 Å². The van der Waals surface area contributed by atoms with Crippen molar-refractivity contribution in [3.05, 3.63) is 205 Å². The van der Waals surface area contributed by atoms with Crippen LogP contribution in [-0.4, -0.2) is 9.55 Å². The van der Waals surface area contributed by atoms with Crippen molar-refractivity contribution in [1.29, 1.82) is 0 Å². The summed E-state index contributed by atoms with van der Waals surface area (Å²) in [4.78, 5) is 5.44. The van der Waals surface area contributed by atoms with Gasteiger partial charge in [-0.2, -0.15) is 0 Å². The molecule has 2 nitrogen and oxygen atoms in total. The Labute approximate surface area is 304 Å². The molecule has 1 heterocycles. The van der Waals surface area contributed by atoms with Gasteiger partial charge in [0.15, 0.2) is 0 Å². The lowest BCUT2D eigenvalue weighted by molar-refractivity contribution is 1.10. The molecule has 0 amide bonds. The van der Waals surface area contributed by atoms with E-state index in [0.717, 1.165) is 51.2 Å². The third-order valence-electron chi connectivity index (χ3n) is 10.1. The van der Waals surface area contributed by atoms with Crippen LogP contribution >= 0.6 is 0 Å². The number of hydrogen-bond acceptors (Lipinski definition) is 1. The molecule has 0 bridgehead atoms. The van der Waals surface area contributed by atoms with Crippen LogP contribution in [0.25, 0.3) is 84.1 Å². The molecule has 0 saturated heterocycles. The first kappa shape index (κ1) is 31.2. The minimum Gasteiger partial charge on any atom is -0.292 e. The van der Waals surface area contributed by atoms with Gasteiger partial charge in [-0.1, -0.05) is 176 Å². The first-order valence-corrected chi connectivity index (χ1v) is 17.8. The van der Waals surface area contributed by atoms with E-state index in [2.05, 4.69) is 199 Å². The molecule has 0 atom stereocenters. The Morgan fingerprint density at radius 2 is 1.10 bits per heavy atom. The average molecular weight is 665 g/mol. The Balaban J connectivity index is 1.24. The van der Waals surface area contributed by atoms with Crippen LogP contribution in [0.1, 0.15) is 16.7 Å². The van der Waals surface area contributed by atoms with E-state index in [1.165, 1.54) is 43.8 Å². The molecular weight excluding hydrogens is 629 g/mol. The third-order valence-corrected chi connectivity index (χ3v) is 10.1. The highest BCUT2D eigenvalue weighted by atomic mass is 15.1. The van der Waals surface area contributed by atoms with Gasteiger partial charge in [-0.25, -0.2) is 4.98 Å². The van der Waals surface area contributed by atoms with Crippen molar-refractivity contribution < 1.29 is 0 Å². The molecule has 0 unspecified atom stereocenters. The van der Waals surface area contributed by atoms with Crippen molar-refractivity contribution in [2.45, 2.75) is 6.42 Å². The van der Waals surface area contributed by atoms with Gasteiger partial charge in [-0.3, -0.25) is 4.57 Å². The maximum absolute atomic E-state index is 5.44. The predicted octanol–water partition coefficient (Wildman–Crippen LogP) is 13.2. The topological polar surface area (TPSA) is 17.8 Å². The highest BCUT2D eigenvalue weighted by Gasteiger charge is 2.20. The third kappa shape index (κ3) is 5.52. The molecule has 0 aliphatic carbocycles. The van der Waals surface area contributed by atoms with Crippen LogP contribution in [0.3, 0.4) is 0 Å². The van der Waals surface area contributed by atoms with E-state index in [1.807, 2.05) is 6.08 Å². The predicted molar refractivity (Wildman–Crippen MR) is 222 cm³/mol. The lowest BCUT2D eigenvalue weighted by atomic mass is 9.87. The zero-order chi connectivity index (χ0) is 34.9. The van der Waals surface area contributed by atoms with Gasteiger partial charge < -0.3 is 0 Å². The number of para-hydroxylation sites is 1. The Hall–Kier alpha value is -6.77. The van der Waals surface area contributed by atoms with Crippen LogP contribution in [0.4, 0.5) is 0 Å². The summed E-state index contributed by atoms with van der Waals surface area (Å²) in [7, 11) is 0. The molecule has 2 heteroatoms. The minimum absolute atomic E-state index is 0.817. The number of benzene rings is 8. The zero-order valence-electron chi connectivity index (χ0n) is 28.8. The molecule has 0 N–H and O–H groups in total. The number of imidazole rings is 1. The molecule has 246 valence electrons. The Morgan fingerprint density at radius 3 is 1.79 bits per heavy atom. The van der Waals surface area contributed by atoms with E-state index in [-0.39, 0.29) is 0 Å². The Bertz CT molecular complexity index is 2710. The molecular formula is C50H36N2. The average Bonchev–Trinajstić information content (AvgIpc) is 3.60. The minimum atomic E-state index is 0.817. The summed E-state index contributed by atoms with van der Waals surface area (Å²) >= 11 is 0. The van der Waals surface area contributed by atoms with Crippen molar-refractivity contribution in [1.82, 2.24) is 9.55 Å². The maximum Gasteiger partial charge on any atom is 0.146 e. The van der Waals surface area contributed by atoms with Crippen molar-refractivity contribution in [2.75, 3.05) is 0 Å². The molecule has 9 aromatic rings. The number of hydrogen-bond donors (Lipinski definition) is 0. The molecule has 8 aromatic carbocycles. The van der Waals surface area contributed by atoms with Crippen LogP contribution in [0.15, 0.2) is 189 Å². The first-order valence-electron chi connectivity index (χ1n) is 17.8. The fourth-order valence-electron chi connectivity index (χ4n) is 7.70. The monoisotopic (exact) mass is 664 g/mol. The van der Waals surface area contributed by atoms with Crippen LogP contribution in [-0.2, 0) is 6.42 Å². The van der Waals surface area contributed by atoms with Crippen LogP contribution in [0.5, 0.6) is 0 Å². The Morgan fingerprint density at radius 1 is 0.519 bits per heavy atom. The standard InChI is InChI=1S/C50H36N2/c1-2-35-18-9-10-19-36(35)22-17-31-41-42-26-12-14-28-44(42)49(45-29-15-13-27-43(41)45)38-32-33-48-47(34-38)51-50(52(48)39-23-7-4-8-24-39)46-30-16-11-25-40(46)37-20-5-3-6-21-37/h2-30,32-34H,1,31H2/b22-17-. The molecule has 1 aromatic heterocycles. The maximum atomic E-state index is 5.44. The van der Waals surface area contributed by atoms with Gasteiger partial charge in [-0.15, -0.1) is 0 Å². The second-order valence-corrected chi connectivity index (χ2v) is 13.1. The normalized spacial score (nSPS) is 11.5. The molecule has 0 aliphatic rings. The van der Waals surface area contributed by atoms with E-state index in [4.69, 9.17) is 4.98 Å². The SMILES string of the molecule is C=Cc1ccccc1/C=C\Cc1c2ccccc2c(-c2ccc3c(c2)nc(-c2ccccc2-c2ccccc2)n3-c2ccccc2)c2ccccc12. The highest BCUT2D eigenvalue weighted by Crippen LogP contribution is 2.42. The summed E-state index contributed by atoms with van der Waals surface area (Å²) in [5.74, 6) is 0.924. The van der Waals surface area contributed by atoms with Gasteiger partial charge in [0.1, 0.15) is 5.82 Å². The summed E-state index contributed by atoms with van der Waals surface area (Å²) in [6.07, 6.45) is 7.24. The number of rotatable bonds is 8. The lowest BCUT2D eigenvalue weighted by Crippen LogP contribution is -1.98.